The minimum absolute atomic E-state index is 0.312. The second-order valence-electron chi connectivity index (χ2n) is 4.48. The average molecular weight is 317 g/mol. The molecule has 0 amide bonds. The van der Waals surface area contributed by atoms with E-state index in [1.807, 2.05) is 22.2 Å². The van der Waals surface area contributed by atoms with Gasteiger partial charge in [-0.3, -0.25) is 0 Å². The van der Waals surface area contributed by atoms with E-state index in [1.54, 1.807) is 19.4 Å². The Morgan fingerprint density at radius 1 is 1.45 bits per heavy atom. The molecule has 22 heavy (non-hydrogen) atoms. The molecule has 0 aromatic carbocycles. The predicted octanol–water partition coefficient (Wildman–Crippen LogP) is 2.18. The summed E-state index contributed by atoms with van der Waals surface area (Å²) in [6.45, 7) is 3.46. The monoisotopic (exact) mass is 317 g/mol. The van der Waals surface area contributed by atoms with E-state index in [0.717, 1.165) is 16.8 Å². The molecular weight excluding hydrogens is 302 g/mol. The Morgan fingerprint density at radius 3 is 3.14 bits per heavy atom. The third-order valence-corrected chi connectivity index (χ3v) is 3.90. The number of carbonyl (C=O) groups is 1. The largest absolute Gasteiger partial charge is 0.461 e. The van der Waals surface area contributed by atoms with Crippen molar-refractivity contribution in [1.82, 2.24) is 19.5 Å². The van der Waals surface area contributed by atoms with Gasteiger partial charge in [0, 0.05) is 25.5 Å². The number of hydrogen-bond donors (Lipinski definition) is 1. The zero-order valence-electron chi connectivity index (χ0n) is 12.0. The van der Waals surface area contributed by atoms with Gasteiger partial charge in [0.1, 0.15) is 0 Å². The number of esters is 1. The Bertz CT molecular complexity index is 769. The van der Waals surface area contributed by atoms with Crippen LogP contribution in [0.4, 0.5) is 5.95 Å². The van der Waals surface area contributed by atoms with Crippen LogP contribution in [0.25, 0.3) is 10.2 Å². The Kier molecular flexibility index (Phi) is 4.29. The molecular formula is C14H15N5O2S. The van der Waals surface area contributed by atoms with Crippen molar-refractivity contribution in [3.05, 3.63) is 35.9 Å². The number of thiophene rings is 1. The van der Waals surface area contributed by atoms with E-state index in [9.17, 15) is 4.79 Å². The van der Waals surface area contributed by atoms with E-state index in [1.165, 1.54) is 11.3 Å². The van der Waals surface area contributed by atoms with Crippen molar-refractivity contribution in [2.24, 2.45) is 0 Å². The molecule has 0 radical (unpaired) electrons. The third-order valence-electron chi connectivity index (χ3n) is 2.98. The van der Waals surface area contributed by atoms with E-state index in [0.29, 0.717) is 24.8 Å². The van der Waals surface area contributed by atoms with E-state index in [4.69, 9.17) is 4.74 Å². The highest BCUT2D eigenvalue weighted by atomic mass is 32.1. The van der Waals surface area contributed by atoms with Gasteiger partial charge in [0.2, 0.25) is 5.95 Å². The molecule has 0 aliphatic carbocycles. The molecule has 0 bridgehead atoms. The third kappa shape index (κ3) is 3.06. The normalized spacial score (nSPS) is 10.8. The number of rotatable bonds is 6. The first-order valence-electron chi connectivity index (χ1n) is 6.90. The Labute approximate surface area is 131 Å². The number of carbonyl (C=O) groups excluding carboxylic acids is 1. The van der Waals surface area contributed by atoms with Gasteiger partial charge in [0.15, 0.2) is 5.69 Å². The second-order valence-corrected chi connectivity index (χ2v) is 5.39. The van der Waals surface area contributed by atoms with E-state index in [2.05, 4.69) is 20.3 Å². The molecule has 8 heteroatoms. The van der Waals surface area contributed by atoms with Crippen LogP contribution in [0, 0.1) is 0 Å². The van der Waals surface area contributed by atoms with Crippen LogP contribution in [0.3, 0.4) is 0 Å². The fourth-order valence-corrected chi connectivity index (χ4v) is 2.80. The zero-order chi connectivity index (χ0) is 15.4. The maximum absolute atomic E-state index is 12.0. The molecule has 3 heterocycles. The van der Waals surface area contributed by atoms with E-state index >= 15 is 0 Å². The SMILES string of the molecule is CCOC(=O)c1nc(NCCn2ccnc2)nc2ccsc12. The molecule has 7 nitrogen and oxygen atoms in total. The van der Waals surface area contributed by atoms with Crippen molar-refractivity contribution in [1.29, 1.82) is 0 Å². The van der Waals surface area contributed by atoms with Crippen molar-refractivity contribution in [2.45, 2.75) is 13.5 Å². The summed E-state index contributed by atoms with van der Waals surface area (Å²) >= 11 is 1.43. The Morgan fingerprint density at radius 2 is 2.36 bits per heavy atom. The average Bonchev–Trinajstić information content (AvgIpc) is 3.17. The van der Waals surface area contributed by atoms with Crippen LogP contribution in [0.5, 0.6) is 0 Å². The highest BCUT2D eigenvalue weighted by Gasteiger charge is 2.17. The first-order valence-corrected chi connectivity index (χ1v) is 7.78. The summed E-state index contributed by atoms with van der Waals surface area (Å²) in [5.74, 6) is 0.00378. The van der Waals surface area contributed by atoms with Gasteiger partial charge in [-0.2, -0.15) is 0 Å². The summed E-state index contributed by atoms with van der Waals surface area (Å²) in [5, 5.41) is 5.01. The summed E-state index contributed by atoms with van der Waals surface area (Å²) in [7, 11) is 0. The molecule has 1 N–H and O–H groups in total. The van der Waals surface area contributed by atoms with Gasteiger partial charge in [-0.1, -0.05) is 0 Å². The fraction of sp³-hybridized carbons (Fsp3) is 0.286. The smallest absolute Gasteiger partial charge is 0.358 e. The van der Waals surface area contributed by atoms with Gasteiger partial charge in [-0.05, 0) is 18.4 Å². The first-order chi connectivity index (χ1) is 10.8. The van der Waals surface area contributed by atoms with Crippen LogP contribution in [-0.4, -0.2) is 38.6 Å². The van der Waals surface area contributed by atoms with Gasteiger partial charge in [0.05, 0.1) is 23.2 Å². The van der Waals surface area contributed by atoms with Gasteiger partial charge >= 0.3 is 5.97 Å². The van der Waals surface area contributed by atoms with Crippen LogP contribution in [-0.2, 0) is 11.3 Å². The number of nitrogens with zero attached hydrogens (tertiary/aromatic N) is 4. The highest BCUT2D eigenvalue weighted by Crippen LogP contribution is 2.24. The molecule has 3 rings (SSSR count). The molecule has 0 saturated heterocycles. The molecule has 114 valence electrons. The molecule has 0 aliphatic rings. The number of nitrogens with one attached hydrogen (secondary N) is 1. The lowest BCUT2D eigenvalue weighted by atomic mass is 10.3. The van der Waals surface area contributed by atoms with Gasteiger partial charge in [-0.15, -0.1) is 11.3 Å². The lowest BCUT2D eigenvalue weighted by Gasteiger charge is -2.08. The second kappa shape index (κ2) is 6.52. The number of aromatic nitrogens is 4. The maximum Gasteiger partial charge on any atom is 0.358 e. The van der Waals surface area contributed by atoms with Crippen molar-refractivity contribution < 1.29 is 9.53 Å². The summed E-state index contributed by atoms with van der Waals surface area (Å²) in [6.07, 6.45) is 5.36. The first kappa shape index (κ1) is 14.5. The van der Waals surface area contributed by atoms with Crippen LogP contribution in [0.1, 0.15) is 17.4 Å². The number of imidazole rings is 1. The standard InChI is InChI=1S/C14H15N5O2S/c1-2-21-13(20)11-12-10(3-8-22-12)17-14(18-11)16-5-7-19-6-4-15-9-19/h3-4,6,8-9H,2,5,7H2,1H3,(H,16,17,18). The Hall–Kier alpha value is -2.48. The lowest BCUT2D eigenvalue weighted by molar-refractivity contribution is 0.0522. The molecule has 3 aromatic heterocycles. The lowest BCUT2D eigenvalue weighted by Crippen LogP contribution is -2.14. The van der Waals surface area contributed by atoms with E-state index in [-0.39, 0.29) is 0 Å². The van der Waals surface area contributed by atoms with Gasteiger partial charge in [0.25, 0.3) is 0 Å². The molecule has 0 spiro atoms. The summed E-state index contributed by atoms with van der Waals surface area (Å²) in [6, 6.07) is 1.87. The molecule has 0 unspecified atom stereocenters. The quantitative estimate of drug-likeness (QED) is 0.702. The van der Waals surface area contributed by atoms with Crippen LogP contribution < -0.4 is 5.32 Å². The number of ether oxygens (including phenoxy) is 1. The highest BCUT2D eigenvalue weighted by molar-refractivity contribution is 7.17. The van der Waals surface area contributed by atoms with Crippen molar-refractivity contribution in [3.8, 4) is 0 Å². The topological polar surface area (TPSA) is 81.9 Å². The molecule has 3 aromatic rings. The molecule has 0 saturated carbocycles. The minimum Gasteiger partial charge on any atom is -0.461 e. The fourth-order valence-electron chi connectivity index (χ4n) is 2.00. The van der Waals surface area contributed by atoms with Crippen LogP contribution in [0.2, 0.25) is 0 Å². The van der Waals surface area contributed by atoms with Gasteiger partial charge < -0.3 is 14.6 Å². The summed E-state index contributed by atoms with van der Waals surface area (Å²) in [5.41, 5.74) is 1.06. The molecule has 0 aliphatic heterocycles. The molecule has 0 atom stereocenters. The van der Waals surface area contributed by atoms with Crippen molar-refractivity contribution in [2.75, 3.05) is 18.5 Å². The van der Waals surface area contributed by atoms with Crippen LogP contribution >= 0.6 is 11.3 Å². The minimum atomic E-state index is -0.421. The van der Waals surface area contributed by atoms with Crippen molar-refractivity contribution in [3.63, 3.8) is 0 Å². The zero-order valence-corrected chi connectivity index (χ0v) is 12.8. The summed E-state index contributed by atoms with van der Waals surface area (Å²) in [4.78, 5) is 24.7. The number of anilines is 1. The Balaban J connectivity index is 1.79. The summed E-state index contributed by atoms with van der Waals surface area (Å²) < 4.78 is 7.76. The van der Waals surface area contributed by atoms with Gasteiger partial charge in [-0.25, -0.2) is 19.7 Å². The number of hydrogen-bond acceptors (Lipinski definition) is 7. The molecule has 0 fully saturated rings. The van der Waals surface area contributed by atoms with E-state index < -0.39 is 5.97 Å². The number of fused-ring (bicyclic) bond motifs is 1. The maximum atomic E-state index is 12.0. The van der Waals surface area contributed by atoms with Crippen molar-refractivity contribution >= 4 is 33.5 Å². The predicted molar refractivity (Wildman–Crippen MR) is 84.1 cm³/mol. The van der Waals surface area contributed by atoms with Crippen LogP contribution in [0.15, 0.2) is 30.2 Å².